The smallest absolute Gasteiger partial charge is 0.390 e. The maximum Gasteiger partial charge on any atom is 0.390 e. The van der Waals surface area contributed by atoms with E-state index in [9.17, 15) is 13.2 Å². The van der Waals surface area contributed by atoms with E-state index in [-0.39, 0.29) is 25.0 Å². The molecular weight excluding hydrogens is 235 g/mol. The first kappa shape index (κ1) is 14.1. The standard InChI is InChI=1S/C10H18F3N3O/c11-10(12,13)5-6-16(7-9(14)15-17)8-3-1-2-4-8/h8,17H,1-7H2,(H2,14,15). The van der Waals surface area contributed by atoms with E-state index >= 15 is 0 Å². The van der Waals surface area contributed by atoms with E-state index < -0.39 is 12.6 Å². The van der Waals surface area contributed by atoms with Crippen LogP contribution in [0.3, 0.4) is 0 Å². The van der Waals surface area contributed by atoms with Crippen LogP contribution >= 0.6 is 0 Å². The summed E-state index contributed by atoms with van der Waals surface area (Å²) in [5.74, 6) is -0.0425. The van der Waals surface area contributed by atoms with Gasteiger partial charge in [-0.05, 0) is 12.8 Å². The number of alkyl halides is 3. The van der Waals surface area contributed by atoms with Gasteiger partial charge in [0, 0.05) is 12.6 Å². The second kappa shape index (κ2) is 6.09. The van der Waals surface area contributed by atoms with Crippen molar-refractivity contribution in [1.82, 2.24) is 4.90 Å². The molecule has 0 aromatic rings. The molecule has 1 aliphatic rings. The predicted molar refractivity (Wildman–Crippen MR) is 57.9 cm³/mol. The van der Waals surface area contributed by atoms with Gasteiger partial charge in [0.15, 0.2) is 5.84 Å². The first-order chi connectivity index (χ1) is 7.92. The van der Waals surface area contributed by atoms with Crippen LogP contribution in [-0.2, 0) is 0 Å². The van der Waals surface area contributed by atoms with Crippen molar-refractivity contribution in [2.24, 2.45) is 10.9 Å². The van der Waals surface area contributed by atoms with Gasteiger partial charge >= 0.3 is 6.18 Å². The Morgan fingerprint density at radius 3 is 2.41 bits per heavy atom. The normalized spacial score (nSPS) is 19.2. The minimum atomic E-state index is -4.16. The number of amidine groups is 1. The lowest BCUT2D eigenvalue weighted by Gasteiger charge is -2.28. The zero-order chi connectivity index (χ0) is 12.9. The maximum atomic E-state index is 12.2. The molecule has 0 heterocycles. The van der Waals surface area contributed by atoms with E-state index in [4.69, 9.17) is 10.9 Å². The van der Waals surface area contributed by atoms with E-state index in [1.54, 1.807) is 4.90 Å². The highest BCUT2D eigenvalue weighted by Gasteiger charge is 2.30. The van der Waals surface area contributed by atoms with Crippen molar-refractivity contribution in [3.63, 3.8) is 0 Å². The average molecular weight is 253 g/mol. The summed E-state index contributed by atoms with van der Waals surface area (Å²) in [6.45, 7) is 0.00162. The van der Waals surface area contributed by atoms with Crippen LogP contribution in [0, 0.1) is 0 Å². The summed E-state index contributed by atoms with van der Waals surface area (Å²) in [7, 11) is 0. The van der Waals surface area contributed by atoms with Crippen LogP contribution in [0.4, 0.5) is 13.2 Å². The zero-order valence-corrected chi connectivity index (χ0v) is 9.58. The molecule has 0 aromatic heterocycles. The van der Waals surface area contributed by atoms with E-state index in [2.05, 4.69) is 5.16 Å². The molecule has 1 rings (SSSR count). The fraction of sp³-hybridized carbons (Fsp3) is 0.900. The molecule has 0 bridgehead atoms. The Balaban J connectivity index is 2.52. The summed E-state index contributed by atoms with van der Waals surface area (Å²) >= 11 is 0. The van der Waals surface area contributed by atoms with Crippen LogP contribution in [0.5, 0.6) is 0 Å². The molecule has 3 N–H and O–H groups in total. The second-order valence-corrected chi connectivity index (χ2v) is 4.37. The third-order valence-corrected chi connectivity index (χ3v) is 3.02. The van der Waals surface area contributed by atoms with E-state index in [1.165, 1.54) is 0 Å². The number of oxime groups is 1. The van der Waals surface area contributed by atoms with Crippen LogP contribution in [0.2, 0.25) is 0 Å². The number of nitrogens with zero attached hydrogens (tertiary/aromatic N) is 2. The largest absolute Gasteiger partial charge is 0.409 e. The monoisotopic (exact) mass is 253 g/mol. The van der Waals surface area contributed by atoms with Crippen molar-refractivity contribution >= 4 is 5.84 Å². The van der Waals surface area contributed by atoms with Crippen LogP contribution in [0.15, 0.2) is 5.16 Å². The Morgan fingerprint density at radius 2 is 1.94 bits per heavy atom. The fourth-order valence-electron chi connectivity index (χ4n) is 2.17. The lowest BCUT2D eigenvalue weighted by Crippen LogP contribution is -2.41. The average Bonchev–Trinajstić information content (AvgIpc) is 2.75. The molecule has 0 spiro atoms. The van der Waals surface area contributed by atoms with Crippen LogP contribution in [-0.4, -0.2) is 41.3 Å². The molecule has 100 valence electrons. The highest BCUT2D eigenvalue weighted by molar-refractivity contribution is 5.81. The molecule has 17 heavy (non-hydrogen) atoms. The Bertz CT molecular complexity index is 262. The molecule has 0 saturated heterocycles. The molecule has 1 saturated carbocycles. The SMILES string of the molecule is NC(CN(CCC(F)(F)F)C1CCCC1)=NO. The minimum Gasteiger partial charge on any atom is -0.409 e. The number of nitrogens with two attached hydrogens (primary N) is 1. The summed E-state index contributed by atoms with van der Waals surface area (Å²) in [5, 5.41) is 11.3. The van der Waals surface area contributed by atoms with Crippen molar-refractivity contribution in [1.29, 1.82) is 0 Å². The van der Waals surface area contributed by atoms with Gasteiger partial charge in [-0.25, -0.2) is 0 Å². The molecule has 0 unspecified atom stereocenters. The Morgan fingerprint density at radius 1 is 1.35 bits per heavy atom. The molecule has 0 atom stereocenters. The van der Waals surface area contributed by atoms with Gasteiger partial charge in [-0.15, -0.1) is 0 Å². The first-order valence-corrected chi connectivity index (χ1v) is 5.69. The summed E-state index contributed by atoms with van der Waals surface area (Å²) in [5.41, 5.74) is 5.36. The topological polar surface area (TPSA) is 61.8 Å². The molecule has 0 radical (unpaired) electrons. The molecule has 0 aliphatic heterocycles. The van der Waals surface area contributed by atoms with Crippen molar-refractivity contribution in [2.75, 3.05) is 13.1 Å². The van der Waals surface area contributed by atoms with Crippen LogP contribution < -0.4 is 5.73 Å². The lowest BCUT2D eigenvalue weighted by molar-refractivity contribution is -0.138. The van der Waals surface area contributed by atoms with Crippen LogP contribution in [0.25, 0.3) is 0 Å². The Kier molecular flexibility index (Phi) is 5.04. The molecule has 1 aliphatic carbocycles. The van der Waals surface area contributed by atoms with Gasteiger partial charge in [0.05, 0.1) is 13.0 Å². The zero-order valence-electron chi connectivity index (χ0n) is 9.58. The van der Waals surface area contributed by atoms with Gasteiger partial charge in [0.25, 0.3) is 0 Å². The lowest BCUT2D eigenvalue weighted by atomic mass is 10.2. The summed E-state index contributed by atoms with van der Waals surface area (Å²) in [6.07, 6.45) is -1.19. The molecule has 4 nitrogen and oxygen atoms in total. The van der Waals surface area contributed by atoms with E-state index in [0.717, 1.165) is 25.7 Å². The number of hydrogen-bond donors (Lipinski definition) is 2. The molecule has 0 aromatic carbocycles. The molecular formula is C10H18F3N3O. The van der Waals surface area contributed by atoms with Crippen molar-refractivity contribution in [2.45, 2.75) is 44.3 Å². The third kappa shape index (κ3) is 5.25. The minimum absolute atomic E-state index is 0.0425. The fourth-order valence-corrected chi connectivity index (χ4v) is 2.17. The Labute approximate surface area is 98.3 Å². The highest BCUT2D eigenvalue weighted by atomic mass is 19.4. The van der Waals surface area contributed by atoms with Gasteiger partial charge < -0.3 is 10.9 Å². The van der Waals surface area contributed by atoms with E-state index in [0.29, 0.717) is 0 Å². The van der Waals surface area contributed by atoms with Gasteiger partial charge in [0.2, 0.25) is 0 Å². The molecule has 7 heteroatoms. The maximum absolute atomic E-state index is 12.2. The Hall–Kier alpha value is -0.980. The van der Waals surface area contributed by atoms with Crippen molar-refractivity contribution in [3.05, 3.63) is 0 Å². The van der Waals surface area contributed by atoms with Crippen molar-refractivity contribution in [3.8, 4) is 0 Å². The van der Waals surface area contributed by atoms with Gasteiger partial charge in [0.1, 0.15) is 0 Å². The van der Waals surface area contributed by atoms with Gasteiger partial charge in [-0.3, -0.25) is 4.90 Å². The molecule has 0 amide bonds. The second-order valence-electron chi connectivity index (χ2n) is 4.37. The third-order valence-electron chi connectivity index (χ3n) is 3.02. The summed E-state index contributed by atoms with van der Waals surface area (Å²) in [4.78, 5) is 1.66. The predicted octanol–water partition coefficient (Wildman–Crippen LogP) is 1.93. The van der Waals surface area contributed by atoms with Crippen molar-refractivity contribution < 1.29 is 18.4 Å². The number of hydrogen-bond acceptors (Lipinski definition) is 3. The highest BCUT2D eigenvalue weighted by Crippen LogP contribution is 2.26. The summed E-state index contributed by atoms with van der Waals surface area (Å²) in [6, 6.07) is 0.123. The van der Waals surface area contributed by atoms with Crippen LogP contribution in [0.1, 0.15) is 32.1 Å². The molecule has 1 fully saturated rings. The quantitative estimate of drug-likeness (QED) is 0.340. The first-order valence-electron chi connectivity index (χ1n) is 5.69. The number of halogens is 3. The number of rotatable bonds is 5. The van der Waals surface area contributed by atoms with Gasteiger partial charge in [-0.2, -0.15) is 13.2 Å². The van der Waals surface area contributed by atoms with Gasteiger partial charge in [-0.1, -0.05) is 18.0 Å². The summed E-state index contributed by atoms with van der Waals surface area (Å²) < 4.78 is 36.6. The van der Waals surface area contributed by atoms with E-state index in [1.807, 2.05) is 0 Å².